The van der Waals surface area contributed by atoms with E-state index in [1.54, 1.807) is 0 Å². The van der Waals surface area contributed by atoms with Crippen LogP contribution < -0.4 is 10.6 Å². The smallest absolute Gasteiger partial charge is 0.300 e. The molecule has 3 N–H and O–H groups in total. The monoisotopic (exact) mass is 298 g/mol. The lowest BCUT2D eigenvalue weighted by Crippen LogP contribution is -2.45. The topological polar surface area (TPSA) is 61.4 Å². The van der Waals surface area contributed by atoms with Crippen molar-refractivity contribution in [1.82, 2.24) is 10.6 Å². The van der Waals surface area contributed by atoms with E-state index in [0.29, 0.717) is 12.1 Å². The zero-order chi connectivity index (χ0) is 15.8. The van der Waals surface area contributed by atoms with Gasteiger partial charge in [0.25, 0.3) is 5.97 Å². The third kappa shape index (κ3) is 4.98. The van der Waals surface area contributed by atoms with Crippen LogP contribution in [0.4, 0.5) is 0 Å². The molecule has 4 nitrogen and oxygen atoms in total. The Bertz CT molecular complexity index is 513. The van der Waals surface area contributed by atoms with Gasteiger partial charge in [0.2, 0.25) is 0 Å². The number of carboxylic acid groups (broad SMARTS) is 1. The first-order valence-corrected chi connectivity index (χ1v) is 7.43. The minimum atomic E-state index is -0.833. The van der Waals surface area contributed by atoms with Gasteiger partial charge in [0.1, 0.15) is 0 Å². The third-order valence-corrected chi connectivity index (χ3v) is 3.54. The molecule has 1 saturated heterocycles. The van der Waals surface area contributed by atoms with E-state index in [1.165, 1.54) is 11.1 Å². The summed E-state index contributed by atoms with van der Waals surface area (Å²) in [6, 6.07) is 22.1. The van der Waals surface area contributed by atoms with Gasteiger partial charge in [0, 0.05) is 32.1 Å². The first kappa shape index (κ1) is 16.2. The summed E-state index contributed by atoms with van der Waals surface area (Å²) in [5.74, 6) is -0.833. The van der Waals surface area contributed by atoms with Gasteiger partial charge in [0.05, 0.1) is 0 Å². The van der Waals surface area contributed by atoms with Crippen molar-refractivity contribution in [3.05, 3.63) is 71.8 Å². The summed E-state index contributed by atoms with van der Waals surface area (Å²) in [4.78, 5) is 9.00. The summed E-state index contributed by atoms with van der Waals surface area (Å²) in [5, 5.41) is 14.7. The summed E-state index contributed by atoms with van der Waals surface area (Å²) in [7, 11) is 0. The summed E-state index contributed by atoms with van der Waals surface area (Å²) < 4.78 is 0. The Balaban J connectivity index is 0.000000396. The molecule has 1 fully saturated rings. The van der Waals surface area contributed by atoms with E-state index in [4.69, 9.17) is 9.90 Å². The van der Waals surface area contributed by atoms with E-state index in [9.17, 15) is 0 Å². The van der Waals surface area contributed by atoms with Crippen molar-refractivity contribution in [2.45, 2.75) is 19.0 Å². The quantitative estimate of drug-likeness (QED) is 0.798. The van der Waals surface area contributed by atoms with Crippen LogP contribution >= 0.6 is 0 Å². The molecule has 2 aromatic rings. The molecule has 0 aliphatic carbocycles. The van der Waals surface area contributed by atoms with E-state index in [1.807, 2.05) is 0 Å². The van der Waals surface area contributed by atoms with Gasteiger partial charge in [-0.2, -0.15) is 0 Å². The number of benzene rings is 2. The van der Waals surface area contributed by atoms with Crippen LogP contribution in [-0.4, -0.2) is 24.2 Å². The number of aliphatic carboxylic acids is 1. The third-order valence-electron chi connectivity index (χ3n) is 3.54. The van der Waals surface area contributed by atoms with Crippen LogP contribution in [0.25, 0.3) is 0 Å². The van der Waals surface area contributed by atoms with Crippen molar-refractivity contribution in [3.8, 4) is 0 Å². The predicted molar refractivity (Wildman–Crippen MR) is 87.7 cm³/mol. The largest absolute Gasteiger partial charge is 0.481 e. The number of rotatable bonds is 2. The van der Waals surface area contributed by atoms with Gasteiger partial charge in [-0.1, -0.05) is 60.7 Å². The molecular weight excluding hydrogens is 276 g/mol. The highest BCUT2D eigenvalue weighted by Gasteiger charge is 2.21. The highest BCUT2D eigenvalue weighted by atomic mass is 16.4. The average Bonchev–Trinajstić information content (AvgIpc) is 2.56. The van der Waals surface area contributed by atoms with E-state index in [2.05, 4.69) is 71.3 Å². The maximum Gasteiger partial charge on any atom is 0.300 e. The molecule has 3 rings (SSSR count). The lowest BCUT2D eigenvalue weighted by atomic mass is 10.00. The van der Waals surface area contributed by atoms with Gasteiger partial charge in [-0.3, -0.25) is 4.79 Å². The molecule has 2 aromatic carbocycles. The zero-order valence-corrected chi connectivity index (χ0v) is 12.7. The van der Waals surface area contributed by atoms with E-state index in [0.717, 1.165) is 20.0 Å². The summed E-state index contributed by atoms with van der Waals surface area (Å²) in [6.07, 6.45) is 0. The van der Waals surface area contributed by atoms with Crippen molar-refractivity contribution in [2.24, 2.45) is 0 Å². The Morgan fingerprint density at radius 1 is 0.864 bits per heavy atom. The highest BCUT2D eigenvalue weighted by molar-refractivity contribution is 5.62. The Morgan fingerprint density at radius 2 is 1.18 bits per heavy atom. The molecule has 0 bridgehead atoms. The number of carbonyl (C=O) groups is 1. The van der Waals surface area contributed by atoms with Crippen LogP contribution in [0, 0.1) is 0 Å². The van der Waals surface area contributed by atoms with E-state index < -0.39 is 5.97 Å². The SMILES string of the molecule is CC(=O)O.c1ccc(C2CNC(c3ccccc3)CN2)cc1. The van der Waals surface area contributed by atoms with Gasteiger partial charge in [-0.05, 0) is 11.1 Å². The number of nitrogens with one attached hydrogen (secondary N) is 2. The number of carboxylic acids is 1. The van der Waals surface area contributed by atoms with Crippen molar-refractivity contribution in [1.29, 1.82) is 0 Å². The fourth-order valence-electron chi connectivity index (χ4n) is 2.51. The van der Waals surface area contributed by atoms with Crippen LogP contribution in [0.2, 0.25) is 0 Å². The highest BCUT2D eigenvalue weighted by Crippen LogP contribution is 2.20. The molecule has 22 heavy (non-hydrogen) atoms. The summed E-state index contributed by atoms with van der Waals surface area (Å²) in [5.41, 5.74) is 2.72. The number of hydrogen-bond donors (Lipinski definition) is 3. The fourth-order valence-corrected chi connectivity index (χ4v) is 2.51. The minimum absolute atomic E-state index is 0.422. The second-order valence-electron chi connectivity index (χ2n) is 5.26. The number of hydrogen-bond acceptors (Lipinski definition) is 3. The van der Waals surface area contributed by atoms with Crippen LogP contribution in [0.3, 0.4) is 0 Å². The fraction of sp³-hybridized carbons (Fsp3) is 0.278. The molecule has 1 aliphatic heterocycles. The minimum Gasteiger partial charge on any atom is -0.481 e. The lowest BCUT2D eigenvalue weighted by molar-refractivity contribution is -0.134. The van der Waals surface area contributed by atoms with Crippen molar-refractivity contribution >= 4 is 5.97 Å². The Morgan fingerprint density at radius 3 is 1.45 bits per heavy atom. The zero-order valence-electron chi connectivity index (χ0n) is 12.7. The van der Waals surface area contributed by atoms with Gasteiger partial charge < -0.3 is 15.7 Å². The first-order valence-electron chi connectivity index (χ1n) is 7.43. The Labute approximate surface area is 131 Å². The van der Waals surface area contributed by atoms with E-state index >= 15 is 0 Å². The first-order chi connectivity index (χ1) is 10.7. The molecule has 0 spiro atoms. The predicted octanol–water partition coefficient (Wildman–Crippen LogP) is 2.75. The van der Waals surface area contributed by atoms with Gasteiger partial charge in [-0.15, -0.1) is 0 Å². The Kier molecular flexibility index (Phi) is 6.13. The van der Waals surface area contributed by atoms with Crippen LogP contribution in [0.1, 0.15) is 30.1 Å². The molecule has 0 amide bonds. The average molecular weight is 298 g/mol. The molecule has 0 aromatic heterocycles. The number of piperazine rings is 1. The van der Waals surface area contributed by atoms with Crippen molar-refractivity contribution < 1.29 is 9.90 Å². The molecule has 0 radical (unpaired) electrons. The molecular formula is C18H22N2O2. The van der Waals surface area contributed by atoms with Crippen molar-refractivity contribution in [3.63, 3.8) is 0 Å². The molecule has 2 atom stereocenters. The maximum absolute atomic E-state index is 9.00. The second kappa shape index (κ2) is 8.32. The normalized spacial score (nSPS) is 20.6. The van der Waals surface area contributed by atoms with Crippen LogP contribution in [-0.2, 0) is 4.79 Å². The lowest BCUT2D eigenvalue weighted by Gasteiger charge is -2.31. The van der Waals surface area contributed by atoms with Crippen LogP contribution in [0.15, 0.2) is 60.7 Å². The standard InChI is InChI=1S/C16H18N2.C2H4O2/c1-3-7-13(8-4-1)15-11-18-16(12-17-15)14-9-5-2-6-10-14;1-2(3)4/h1-10,15-18H,11-12H2;1H3,(H,3,4). The van der Waals surface area contributed by atoms with Gasteiger partial charge in [0.15, 0.2) is 0 Å². The second-order valence-corrected chi connectivity index (χ2v) is 5.26. The summed E-state index contributed by atoms with van der Waals surface area (Å²) in [6.45, 7) is 3.03. The molecule has 116 valence electrons. The van der Waals surface area contributed by atoms with Gasteiger partial charge >= 0.3 is 0 Å². The van der Waals surface area contributed by atoms with Gasteiger partial charge in [-0.25, -0.2) is 0 Å². The van der Waals surface area contributed by atoms with E-state index in [-0.39, 0.29) is 0 Å². The maximum atomic E-state index is 9.00. The van der Waals surface area contributed by atoms with Crippen LogP contribution in [0.5, 0.6) is 0 Å². The van der Waals surface area contributed by atoms with Crippen molar-refractivity contribution in [2.75, 3.05) is 13.1 Å². The Hall–Kier alpha value is -2.17. The summed E-state index contributed by atoms with van der Waals surface area (Å²) >= 11 is 0. The molecule has 1 aliphatic rings. The molecule has 2 unspecified atom stereocenters. The molecule has 0 saturated carbocycles. The molecule has 4 heteroatoms. The molecule has 1 heterocycles.